The molecule has 0 N–H and O–H groups in total. The number of likely N-dealkylation sites (N-methyl/N-ethyl adjacent to an activating group) is 1. The Morgan fingerprint density at radius 3 is 1.55 bits per heavy atom. The molecule has 2 rings (SSSR count). The molecule has 124 valence electrons. The van der Waals surface area contributed by atoms with Gasteiger partial charge in [0.25, 0.3) is 0 Å². The number of rotatable bonds is 3. The van der Waals surface area contributed by atoms with Crippen molar-refractivity contribution in [3.8, 4) is 0 Å². The second kappa shape index (κ2) is 7.58. The van der Waals surface area contributed by atoms with Gasteiger partial charge in [0.2, 0.25) is 17.7 Å². The van der Waals surface area contributed by atoms with Gasteiger partial charge >= 0.3 is 0 Å². The molecular weight excluding hydrogens is 284 g/mol. The van der Waals surface area contributed by atoms with Gasteiger partial charge in [0, 0.05) is 59.3 Å². The molecule has 2 heterocycles. The zero-order chi connectivity index (χ0) is 16.1. The molecule has 2 aliphatic rings. The molecule has 2 fully saturated rings. The van der Waals surface area contributed by atoms with E-state index in [1.165, 1.54) is 6.92 Å². The molecule has 7 heteroatoms. The minimum Gasteiger partial charge on any atom is -0.340 e. The summed E-state index contributed by atoms with van der Waals surface area (Å²) in [4.78, 5) is 43.2. The van der Waals surface area contributed by atoms with Gasteiger partial charge in [0.05, 0.1) is 0 Å². The second-order valence-corrected chi connectivity index (χ2v) is 5.88. The molecule has 2 aliphatic heterocycles. The lowest BCUT2D eigenvalue weighted by Crippen LogP contribution is -2.52. The lowest BCUT2D eigenvalue weighted by atomic mass is 10.2. The average Bonchev–Trinajstić information content (AvgIpc) is 2.54. The van der Waals surface area contributed by atoms with Gasteiger partial charge in [0.1, 0.15) is 6.42 Å². The number of amides is 3. The number of piperazine rings is 2. The summed E-state index contributed by atoms with van der Waals surface area (Å²) < 4.78 is 0. The van der Waals surface area contributed by atoms with Crippen molar-refractivity contribution in [1.29, 1.82) is 0 Å². The summed E-state index contributed by atoms with van der Waals surface area (Å²) in [5.41, 5.74) is 0. The van der Waals surface area contributed by atoms with Crippen LogP contribution < -0.4 is 0 Å². The van der Waals surface area contributed by atoms with Crippen LogP contribution in [0.4, 0.5) is 0 Å². The Bertz CT molecular complexity index is 425. The molecular formula is C15H26N4O3. The lowest BCUT2D eigenvalue weighted by molar-refractivity contribution is -0.144. The van der Waals surface area contributed by atoms with E-state index in [0.717, 1.165) is 19.6 Å². The number of hydrogen-bond donors (Lipinski definition) is 0. The fourth-order valence-electron chi connectivity index (χ4n) is 2.94. The number of nitrogens with zero attached hydrogens (tertiary/aromatic N) is 4. The molecule has 0 unspecified atom stereocenters. The maximum absolute atomic E-state index is 12.2. The third-order valence-corrected chi connectivity index (χ3v) is 4.55. The van der Waals surface area contributed by atoms with Crippen molar-refractivity contribution < 1.29 is 14.4 Å². The lowest BCUT2D eigenvalue weighted by Gasteiger charge is -2.36. The highest BCUT2D eigenvalue weighted by atomic mass is 16.2. The normalized spacial score (nSPS) is 20.2. The van der Waals surface area contributed by atoms with Gasteiger partial charge in [-0.05, 0) is 6.54 Å². The summed E-state index contributed by atoms with van der Waals surface area (Å²) in [6.45, 7) is 10.00. The topological polar surface area (TPSA) is 64.2 Å². The highest BCUT2D eigenvalue weighted by Gasteiger charge is 2.26. The highest BCUT2D eigenvalue weighted by Crippen LogP contribution is 2.08. The van der Waals surface area contributed by atoms with Crippen molar-refractivity contribution in [2.24, 2.45) is 0 Å². The quantitative estimate of drug-likeness (QED) is 0.642. The first-order chi connectivity index (χ1) is 10.5. The van der Waals surface area contributed by atoms with E-state index >= 15 is 0 Å². The van der Waals surface area contributed by atoms with E-state index in [4.69, 9.17) is 0 Å². The Kier molecular flexibility index (Phi) is 5.76. The van der Waals surface area contributed by atoms with E-state index in [-0.39, 0.29) is 24.1 Å². The zero-order valence-corrected chi connectivity index (χ0v) is 13.6. The molecule has 0 radical (unpaired) electrons. The van der Waals surface area contributed by atoms with Crippen LogP contribution in [-0.4, -0.2) is 96.2 Å². The Labute approximate surface area is 131 Å². The van der Waals surface area contributed by atoms with Crippen molar-refractivity contribution in [2.75, 3.05) is 58.9 Å². The fourth-order valence-corrected chi connectivity index (χ4v) is 2.94. The summed E-state index contributed by atoms with van der Waals surface area (Å²) in [7, 11) is 0. The Morgan fingerprint density at radius 1 is 0.727 bits per heavy atom. The number of carbonyl (C=O) groups excluding carboxylic acids is 3. The van der Waals surface area contributed by atoms with Gasteiger partial charge in [-0.15, -0.1) is 0 Å². The van der Waals surface area contributed by atoms with Crippen molar-refractivity contribution in [3.63, 3.8) is 0 Å². The molecule has 2 saturated heterocycles. The monoisotopic (exact) mass is 310 g/mol. The Balaban J connectivity index is 1.75. The van der Waals surface area contributed by atoms with Crippen molar-refractivity contribution >= 4 is 17.7 Å². The molecule has 0 aromatic rings. The van der Waals surface area contributed by atoms with E-state index in [2.05, 4.69) is 11.8 Å². The summed E-state index contributed by atoms with van der Waals surface area (Å²) in [6.07, 6.45) is -0.0494. The van der Waals surface area contributed by atoms with E-state index < -0.39 is 0 Å². The molecule has 0 spiro atoms. The van der Waals surface area contributed by atoms with E-state index in [1.54, 1.807) is 14.7 Å². The van der Waals surface area contributed by atoms with Crippen molar-refractivity contribution in [2.45, 2.75) is 20.3 Å². The van der Waals surface area contributed by atoms with Gasteiger partial charge in [0.15, 0.2) is 0 Å². The molecule has 0 aliphatic carbocycles. The molecule has 22 heavy (non-hydrogen) atoms. The molecule has 0 saturated carbocycles. The molecule has 7 nitrogen and oxygen atoms in total. The number of carbonyl (C=O) groups is 3. The van der Waals surface area contributed by atoms with Crippen LogP contribution >= 0.6 is 0 Å². The van der Waals surface area contributed by atoms with Crippen LogP contribution in [0.1, 0.15) is 20.3 Å². The standard InChI is InChI=1S/C15H26N4O3/c1-3-16-4-6-18(7-5-16)14(21)12-15(22)19-10-8-17(9-11-19)13(2)20/h3-12H2,1-2H3. The summed E-state index contributed by atoms with van der Waals surface area (Å²) in [6, 6.07) is 0. The second-order valence-electron chi connectivity index (χ2n) is 5.88. The van der Waals surface area contributed by atoms with Crippen LogP contribution in [0.25, 0.3) is 0 Å². The molecule has 0 aromatic heterocycles. The van der Waals surface area contributed by atoms with Gasteiger partial charge in [-0.3, -0.25) is 14.4 Å². The first-order valence-corrected chi connectivity index (χ1v) is 8.04. The van der Waals surface area contributed by atoms with Crippen LogP contribution in [0, 0.1) is 0 Å². The maximum atomic E-state index is 12.2. The van der Waals surface area contributed by atoms with Crippen LogP contribution in [0.3, 0.4) is 0 Å². The summed E-state index contributed by atoms with van der Waals surface area (Å²) in [5, 5.41) is 0. The van der Waals surface area contributed by atoms with Crippen LogP contribution in [0.2, 0.25) is 0 Å². The first-order valence-electron chi connectivity index (χ1n) is 8.04. The van der Waals surface area contributed by atoms with Crippen molar-refractivity contribution in [3.05, 3.63) is 0 Å². The third kappa shape index (κ3) is 4.19. The minimum absolute atomic E-state index is 0.0389. The SMILES string of the molecule is CCN1CCN(C(=O)CC(=O)N2CCN(C(C)=O)CC2)CC1. The first kappa shape index (κ1) is 16.7. The smallest absolute Gasteiger partial charge is 0.232 e. The van der Waals surface area contributed by atoms with Crippen molar-refractivity contribution in [1.82, 2.24) is 19.6 Å². The summed E-state index contributed by atoms with van der Waals surface area (Å²) in [5.74, 6) is -0.155. The van der Waals surface area contributed by atoms with Gasteiger partial charge < -0.3 is 19.6 Å². The van der Waals surface area contributed by atoms with E-state index in [0.29, 0.717) is 39.3 Å². The Morgan fingerprint density at radius 2 is 1.14 bits per heavy atom. The van der Waals surface area contributed by atoms with Gasteiger partial charge in [-0.1, -0.05) is 6.92 Å². The predicted octanol–water partition coefficient (Wildman–Crippen LogP) is -0.769. The van der Waals surface area contributed by atoms with Crippen LogP contribution in [0.5, 0.6) is 0 Å². The molecule has 3 amide bonds. The minimum atomic E-state index is -0.119. The van der Waals surface area contributed by atoms with Crippen LogP contribution in [0.15, 0.2) is 0 Å². The third-order valence-electron chi connectivity index (χ3n) is 4.55. The number of hydrogen-bond acceptors (Lipinski definition) is 4. The average molecular weight is 310 g/mol. The summed E-state index contributed by atoms with van der Waals surface area (Å²) >= 11 is 0. The van der Waals surface area contributed by atoms with E-state index in [1.807, 2.05) is 0 Å². The van der Waals surface area contributed by atoms with E-state index in [9.17, 15) is 14.4 Å². The highest BCUT2D eigenvalue weighted by molar-refractivity contribution is 5.97. The Hall–Kier alpha value is -1.63. The molecule has 0 bridgehead atoms. The molecule has 0 aromatic carbocycles. The fraction of sp³-hybridized carbons (Fsp3) is 0.800. The molecule has 0 atom stereocenters. The van der Waals surface area contributed by atoms with Crippen LogP contribution in [-0.2, 0) is 14.4 Å². The predicted molar refractivity (Wildman–Crippen MR) is 82.1 cm³/mol. The maximum Gasteiger partial charge on any atom is 0.232 e. The zero-order valence-electron chi connectivity index (χ0n) is 13.6. The largest absolute Gasteiger partial charge is 0.340 e. The van der Waals surface area contributed by atoms with Gasteiger partial charge in [-0.2, -0.15) is 0 Å². The van der Waals surface area contributed by atoms with Gasteiger partial charge in [-0.25, -0.2) is 0 Å².